The molecule has 0 bridgehead atoms. The summed E-state index contributed by atoms with van der Waals surface area (Å²) in [6.07, 6.45) is 3.62. The maximum Gasteiger partial charge on any atom is 0.131 e. The summed E-state index contributed by atoms with van der Waals surface area (Å²) in [5.74, 6) is 1.60. The molecule has 1 saturated heterocycles. The molecule has 0 radical (unpaired) electrons. The molecule has 0 aliphatic carbocycles. The smallest absolute Gasteiger partial charge is 0.131 e. The van der Waals surface area contributed by atoms with E-state index < -0.39 is 10.8 Å². The lowest BCUT2D eigenvalue weighted by Gasteiger charge is -2.23. The molecule has 15 heavy (non-hydrogen) atoms. The van der Waals surface area contributed by atoms with Crippen molar-refractivity contribution in [3.8, 4) is 0 Å². The molecule has 2 heterocycles. The highest BCUT2D eigenvalue weighted by Gasteiger charge is 2.17. The van der Waals surface area contributed by atoms with Crippen molar-refractivity contribution < 1.29 is 4.21 Å². The zero-order valence-corrected chi connectivity index (χ0v) is 9.85. The van der Waals surface area contributed by atoms with E-state index in [1.165, 1.54) is 0 Å². The quantitative estimate of drug-likeness (QED) is 0.810. The van der Waals surface area contributed by atoms with Gasteiger partial charge in [0.25, 0.3) is 0 Å². The van der Waals surface area contributed by atoms with E-state index in [0.717, 1.165) is 30.0 Å². The van der Waals surface area contributed by atoms with Gasteiger partial charge in [-0.05, 0) is 25.0 Å². The van der Waals surface area contributed by atoms with Gasteiger partial charge in [0.2, 0.25) is 0 Å². The number of anilines is 1. The van der Waals surface area contributed by atoms with Crippen LogP contribution in [-0.2, 0) is 10.8 Å². The highest BCUT2D eigenvalue weighted by atomic mass is 35.5. The van der Waals surface area contributed by atoms with Crippen LogP contribution in [0.5, 0.6) is 0 Å². The van der Waals surface area contributed by atoms with Crippen molar-refractivity contribution in [2.45, 2.75) is 18.9 Å². The first-order valence-electron chi connectivity index (χ1n) is 4.97. The summed E-state index contributed by atoms with van der Waals surface area (Å²) in [7, 11) is -0.602. The van der Waals surface area contributed by atoms with E-state index in [9.17, 15) is 4.21 Å². The monoisotopic (exact) mass is 244 g/mol. The van der Waals surface area contributed by atoms with Gasteiger partial charge in [0.05, 0.1) is 0 Å². The molecule has 0 atom stereocenters. The first-order chi connectivity index (χ1) is 7.24. The summed E-state index contributed by atoms with van der Waals surface area (Å²) in [4.78, 5) is 3.92. The maximum atomic E-state index is 11.2. The van der Waals surface area contributed by atoms with Crippen molar-refractivity contribution in [2.75, 3.05) is 16.8 Å². The second-order valence-electron chi connectivity index (χ2n) is 3.63. The fraction of sp³-hybridized carbons (Fsp3) is 0.500. The lowest BCUT2D eigenvalue weighted by molar-refractivity contribution is 0.624. The Morgan fingerprint density at radius 2 is 2.20 bits per heavy atom. The van der Waals surface area contributed by atoms with Crippen molar-refractivity contribution in [1.29, 1.82) is 0 Å². The van der Waals surface area contributed by atoms with E-state index in [4.69, 9.17) is 11.6 Å². The molecular weight excluding hydrogens is 232 g/mol. The Morgan fingerprint density at radius 1 is 1.47 bits per heavy atom. The average molecular weight is 245 g/mol. The Kier molecular flexibility index (Phi) is 3.59. The maximum absolute atomic E-state index is 11.2. The van der Waals surface area contributed by atoms with Crippen LogP contribution in [0.25, 0.3) is 0 Å². The summed E-state index contributed by atoms with van der Waals surface area (Å²) in [6, 6.07) is 4.13. The number of nitrogens with one attached hydrogen (secondary N) is 1. The van der Waals surface area contributed by atoms with Crippen molar-refractivity contribution in [3.05, 3.63) is 23.5 Å². The molecule has 2 rings (SSSR count). The number of pyridine rings is 1. The second kappa shape index (κ2) is 4.94. The third-order valence-corrected chi connectivity index (χ3v) is 4.07. The number of aromatic nitrogens is 1. The summed E-state index contributed by atoms with van der Waals surface area (Å²) in [6.45, 7) is 0. The van der Waals surface area contributed by atoms with Gasteiger partial charge in [-0.15, -0.1) is 0 Å². The molecule has 1 aliphatic heterocycles. The van der Waals surface area contributed by atoms with Crippen LogP contribution in [0.1, 0.15) is 12.8 Å². The minimum Gasteiger partial charge on any atom is -0.382 e. The minimum atomic E-state index is -0.602. The van der Waals surface area contributed by atoms with Crippen LogP contribution in [0.4, 0.5) is 5.69 Å². The standard InChI is InChI=1S/C10H13ClN2OS/c11-10-7-9(1-4-12-10)13-8-2-5-15(14)6-3-8/h1,4,7-8H,2-3,5-6H2,(H,12,13). The molecular formula is C10H13ClN2OS. The topological polar surface area (TPSA) is 42.0 Å². The van der Waals surface area contributed by atoms with Crippen LogP contribution in [0.3, 0.4) is 0 Å². The van der Waals surface area contributed by atoms with Gasteiger partial charge < -0.3 is 5.32 Å². The zero-order valence-electron chi connectivity index (χ0n) is 8.28. The molecule has 1 fully saturated rings. The normalized spacial score (nSPS) is 26.2. The number of hydrogen-bond donors (Lipinski definition) is 1. The Balaban J connectivity index is 1.94. The number of rotatable bonds is 2. The Morgan fingerprint density at radius 3 is 2.87 bits per heavy atom. The molecule has 3 nitrogen and oxygen atoms in total. The van der Waals surface area contributed by atoms with E-state index >= 15 is 0 Å². The molecule has 1 aliphatic rings. The lowest BCUT2D eigenvalue weighted by Crippen LogP contribution is -2.29. The van der Waals surface area contributed by atoms with E-state index in [-0.39, 0.29) is 0 Å². The molecule has 0 aromatic carbocycles. The summed E-state index contributed by atoms with van der Waals surface area (Å²) >= 11 is 5.79. The van der Waals surface area contributed by atoms with Gasteiger partial charge in [-0.1, -0.05) is 11.6 Å². The summed E-state index contributed by atoms with van der Waals surface area (Å²) < 4.78 is 11.2. The van der Waals surface area contributed by atoms with Crippen molar-refractivity contribution in [3.63, 3.8) is 0 Å². The van der Waals surface area contributed by atoms with E-state index in [1.54, 1.807) is 6.20 Å². The largest absolute Gasteiger partial charge is 0.382 e. The van der Waals surface area contributed by atoms with E-state index in [2.05, 4.69) is 10.3 Å². The minimum absolute atomic E-state index is 0.418. The summed E-state index contributed by atoms with van der Waals surface area (Å²) in [5, 5.41) is 3.88. The predicted octanol–water partition coefficient (Wildman–Crippen LogP) is 2.06. The van der Waals surface area contributed by atoms with Gasteiger partial charge in [0.15, 0.2) is 0 Å². The number of halogens is 1. The Bertz CT molecular complexity index is 362. The first-order valence-corrected chi connectivity index (χ1v) is 6.84. The average Bonchev–Trinajstić information content (AvgIpc) is 2.22. The van der Waals surface area contributed by atoms with Gasteiger partial charge in [0, 0.05) is 40.2 Å². The molecule has 1 N–H and O–H groups in total. The van der Waals surface area contributed by atoms with Crippen LogP contribution in [0, 0.1) is 0 Å². The van der Waals surface area contributed by atoms with Crippen LogP contribution < -0.4 is 5.32 Å². The number of hydrogen-bond acceptors (Lipinski definition) is 3. The van der Waals surface area contributed by atoms with E-state index in [1.807, 2.05) is 12.1 Å². The first kappa shape index (κ1) is 10.9. The SMILES string of the molecule is O=S1CCC(Nc2ccnc(Cl)c2)CC1. The molecule has 0 amide bonds. The third-order valence-electron chi connectivity index (χ3n) is 2.49. The van der Waals surface area contributed by atoms with Gasteiger partial charge in [-0.25, -0.2) is 4.98 Å². The summed E-state index contributed by atoms with van der Waals surface area (Å²) in [5.41, 5.74) is 0.993. The predicted molar refractivity (Wildman–Crippen MR) is 63.8 cm³/mol. The Labute approximate surface area is 96.7 Å². The molecule has 0 spiro atoms. The molecule has 5 heteroatoms. The third kappa shape index (κ3) is 3.18. The molecule has 0 saturated carbocycles. The van der Waals surface area contributed by atoms with Crippen molar-refractivity contribution in [1.82, 2.24) is 4.98 Å². The highest BCUT2D eigenvalue weighted by Crippen LogP contribution is 2.17. The van der Waals surface area contributed by atoms with Crippen molar-refractivity contribution >= 4 is 28.1 Å². The Hall–Kier alpha value is -0.610. The fourth-order valence-corrected chi connectivity index (χ4v) is 3.14. The molecule has 1 aromatic heterocycles. The molecule has 82 valence electrons. The highest BCUT2D eigenvalue weighted by molar-refractivity contribution is 7.85. The van der Waals surface area contributed by atoms with Crippen LogP contribution in [0.2, 0.25) is 5.15 Å². The van der Waals surface area contributed by atoms with Crippen molar-refractivity contribution in [2.24, 2.45) is 0 Å². The molecule has 0 unspecified atom stereocenters. The van der Waals surface area contributed by atoms with Crippen LogP contribution >= 0.6 is 11.6 Å². The zero-order chi connectivity index (χ0) is 10.7. The van der Waals surface area contributed by atoms with E-state index in [0.29, 0.717) is 11.2 Å². The fourth-order valence-electron chi connectivity index (χ4n) is 1.67. The van der Waals surface area contributed by atoms with Crippen LogP contribution in [-0.4, -0.2) is 26.7 Å². The number of nitrogens with zero attached hydrogens (tertiary/aromatic N) is 1. The van der Waals surface area contributed by atoms with Crippen LogP contribution in [0.15, 0.2) is 18.3 Å². The van der Waals surface area contributed by atoms with Gasteiger partial charge >= 0.3 is 0 Å². The van der Waals surface area contributed by atoms with Gasteiger partial charge in [0.1, 0.15) is 5.15 Å². The van der Waals surface area contributed by atoms with Gasteiger partial charge in [-0.2, -0.15) is 0 Å². The lowest BCUT2D eigenvalue weighted by atomic mass is 10.1. The second-order valence-corrected chi connectivity index (χ2v) is 5.72. The van der Waals surface area contributed by atoms with Gasteiger partial charge in [-0.3, -0.25) is 4.21 Å². The molecule has 1 aromatic rings.